The third kappa shape index (κ3) is 2.36. The van der Waals surface area contributed by atoms with Crippen molar-refractivity contribution in [3.63, 3.8) is 0 Å². The highest BCUT2D eigenvalue weighted by Crippen LogP contribution is 2.25. The standard InChI is InChI=1S/C14H16N4O2/c19-13-4-5-15-8-11(13)14(20)18-7-1-2-10(9-18)12-3-6-16-17-12/h3-6,8,10H,1-2,7,9H2,(H,15,19)(H,16,17). The molecule has 0 spiro atoms. The Morgan fingerprint density at radius 1 is 1.40 bits per heavy atom. The van der Waals surface area contributed by atoms with Gasteiger partial charge in [-0.15, -0.1) is 0 Å². The van der Waals surface area contributed by atoms with E-state index in [9.17, 15) is 9.59 Å². The molecule has 0 saturated carbocycles. The van der Waals surface area contributed by atoms with Crippen LogP contribution >= 0.6 is 0 Å². The van der Waals surface area contributed by atoms with Gasteiger partial charge in [0.15, 0.2) is 5.43 Å². The number of aromatic amines is 2. The van der Waals surface area contributed by atoms with Gasteiger partial charge >= 0.3 is 0 Å². The van der Waals surface area contributed by atoms with Gasteiger partial charge in [0.25, 0.3) is 5.91 Å². The van der Waals surface area contributed by atoms with Crippen LogP contribution in [-0.4, -0.2) is 39.1 Å². The van der Waals surface area contributed by atoms with Crippen LogP contribution in [0.2, 0.25) is 0 Å². The summed E-state index contributed by atoms with van der Waals surface area (Å²) < 4.78 is 0. The average Bonchev–Trinajstić information content (AvgIpc) is 3.01. The molecule has 6 nitrogen and oxygen atoms in total. The first-order valence-corrected chi connectivity index (χ1v) is 6.71. The van der Waals surface area contributed by atoms with Gasteiger partial charge in [0.1, 0.15) is 5.56 Å². The summed E-state index contributed by atoms with van der Waals surface area (Å²) in [6.45, 7) is 1.31. The molecular formula is C14H16N4O2. The Bertz CT molecular complexity index is 647. The molecule has 2 N–H and O–H groups in total. The number of amides is 1. The molecule has 1 aliphatic rings. The van der Waals surface area contributed by atoms with Gasteiger partial charge in [-0.3, -0.25) is 14.7 Å². The fraction of sp³-hybridized carbons (Fsp3) is 0.357. The van der Waals surface area contributed by atoms with Crippen LogP contribution in [0.15, 0.2) is 35.5 Å². The number of pyridine rings is 1. The molecule has 2 aromatic rings. The van der Waals surface area contributed by atoms with Gasteiger partial charge in [-0.1, -0.05) is 0 Å². The minimum Gasteiger partial charge on any atom is -0.367 e. The van der Waals surface area contributed by atoms with Crippen LogP contribution < -0.4 is 5.43 Å². The number of rotatable bonds is 2. The van der Waals surface area contributed by atoms with E-state index in [-0.39, 0.29) is 22.8 Å². The molecule has 3 rings (SSSR count). The van der Waals surface area contributed by atoms with E-state index in [1.807, 2.05) is 6.07 Å². The predicted molar refractivity (Wildman–Crippen MR) is 73.5 cm³/mol. The number of carbonyl (C=O) groups excluding carboxylic acids is 1. The molecule has 0 radical (unpaired) electrons. The number of likely N-dealkylation sites (tertiary alicyclic amines) is 1. The lowest BCUT2D eigenvalue weighted by molar-refractivity contribution is 0.0704. The molecule has 0 aromatic carbocycles. The number of H-pyrrole nitrogens is 2. The maximum absolute atomic E-state index is 12.4. The lowest BCUT2D eigenvalue weighted by atomic mass is 9.94. The zero-order valence-electron chi connectivity index (χ0n) is 11.0. The minimum atomic E-state index is -0.239. The van der Waals surface area contributed by atoms with Gasteiger partial charge < -0.3 is 9.88 Å². The van der Waals surface area contributed by atoms with Crippen LogP contribution in [0.1, 0.15) is 34.8 Å². The van der Waals surface area contributed by atoms with E-state index in [0.29, 0.717) is 13.1 Å². The molecule has 1 unspecified atom stereocenters. The summed E-state index contributed by atoms with van der Waals surface area (Å²) in [7, 11) is 0. The summed E-state index contributed by atoms with van der Waals surface area (Å²) in [4.78, 5) is 28.7. The van der Waals surface area contributed by atoms with E-state index in [1.165, 1.54) is 18.5 Å². The van der Waals surface area contributed by atoms with E-state index in [1.54, 1.807) is 11.1 Å². The predicted octanol–water partition coefficient (Wildman–Crippen LogP) is 1.12. The van der Waals surface area contributed by atoms with E-state index in [4.69, 9.17) is 0 Å². The molecule has 1 fully saturated rings. The van der Waals surface area contributed by atoms with Gasteiger partial charge in [0, 0.05) is 49.4 Å². The molecule has 20 heavy (non-hydrogen) atoms. The Labute approximate surface area is 115 Å². The fourth-order valence-electron chi connectivity index (χ4n) is 2.66. The fourth-order valence-corrected chi connectivity index (χ4v) is 2.66. The van der Waals surface area contributed by atoms with E-state index in [2.05, 4.69) is 15.2 Å². The van der Waals surface area contributed by atoms with Crippen molar-refractivity contribution in [1.29, 1.82) is 0 Å². The van der Waals surface area contributed by atoms with Gasteiger partial charge in [-0.25, -0.2) is 0 Å². The van der Waals surface area contributed by atoms with Crippen molar-refractivity contribution < 1.29 is 4.79 Å². The number of piperidine rings is 1. The van der Waals surface area contributed by atoms with Crippen molar-refractivity contribution in [2.75, 3.05) is 13.1 Å². The third-order valence-corrected chi connectivity index (χ3v) is 3.73. The lowest BCUT2D eigenvalue weighted by Gasteiger charge is -2.32. The monoisotopic (exact) mass is 272 g/mol. The summed E-state index contributed by atoms with van der Waals surface area (Å²) in [5.74, 6) is 0.0639. The van der Waals surface area contributed by atoms with Crippen molar-refractivity contribution in [2.45, 2.75) is 18.8 Å². The normalized spacial score (nSPS) is 19.0. The Morgan fingerprint density at radius 2 is 2.30 bits per heavy atom. The highest BCUT2D eigenvalue weighted by molar-refractivity contribution is 5.93. The van der Waals surface area contributed by atoms with Crippen molar-refractivity contribution in [3.05, 3.63) is 52.2 Å². The van der Waals surface area contributed by atoms with Gasteiger partial charge in [-0.05, 0) is 18.9 Å². The molecule has 1 atom stereocenters. The number of nitrogens with zero attached hydrogens (tertiary/aromatic N) is 2. The van der Waals surface area contributed by atoms with Crippen LogP contribution in [0.4, 0.5) is 0 Å². The zero-order valence-corrected chi connectivity index (χ0v) is 11.0. The van der Waals surface area contributed by atoms with Gasteiger partial charge in [0.05, 0.1) is 0 Å². The second-order valence-corrected chi connectivity index (χ2v) is 5.02. The van der Waals surface area contributed by atoms with Crippen LogP contribution in [-0.2, 0) is 0 Å². The molecule has 0 bridgehead atoms. The topological polar surface area (TPSA) is 81.8 Å². The molecule has 0 aliphatic carbocycles. The van der Waals surface area contributed by atoms with Gasteiger partial charge in [-0.2, -0.15) is 5.10 Å². The Kier molecular flexibility index (Phi) is 3.37. The molecule has 1 amide bonds. The average molecular weight is 272 g/mol. The van der Waals surface area contributed by atoms with Crippen LogP contribution in [0.25, 0.3) is 0 Å². The highest BCUT2D eigenvalue weighted by Gasteiger charge is 2.27. The SMILES string of the molecule is O=C(c1c[nH]ccc1=O)N1CCCC(c2ccn[nH]2)C1. The second kappa shape index (κ2) is 5.32. The second-order valence-electron chi connectivity index (χ2n) is 5.02. The molecular weight excluding hydrogens is 256 g/mol. The molecule has 6 heteroatoms. The van der Waals surface area contributed by atoms with Crippen molar-refractivity contribution in [2.24, 2.45) is 0 Å². The zero-order chi connectivity index (χ0) is 13.9. The number of hydrogen-bond acceptors (Lipinski definition) is 3. The summed E-state index contributed by atoms with van der Waals surface area (Å²) in [6.07, 6.45) is 6.68. The quantitative estimate of drug-likeness (QED) is 0.859. The summed E-state index contributed by atoms with van der Waals surface area (Å²) >= 11 is 0. The van der Waals surface area contributed by atoms with Crippen molar-refractivity contribution in [1.82, 2.24) is 20.1 Å². The minimum absolute atomic E-state index is 0.198. The van der Waals surface area contributed by atoms with Crippen LogP contribution in [0, 0.1) is 0 Å². The van der Waals surface area contributed by atoms with E-state index < -0.39 is 0 Å². The Hall–Kier alpha value is -2.37. The number of nitrogens with one attached hydrogen (secondary N) is 2. The maximum Gasteiger partial charge on any atom is 0.259 e. The molecule has 1 aliphatic heterocycles. The van der Waals surface area contributed by atoms with Crippen molar-refractivity contribution >= 4 is 5.91 Å². The maximum atomic E-state index is 12.4. The third-order valence-electron chi connectivity index (χ3n) is 3.73. The largest absolute Gasteiger partial charge is 0.367 e. The molecule has 1 saturated heterocycles. The lowest BCUT2D eigenvalue weighted by Crippen LogP contribution is -2.40. The summed E-state index contributed by atoms with van der Waals surface area (Å²) in [5.41, 5.74) is 1.01. The number of hydrogen-bond donors (Lipinski definition) is 2. The smallest absolute Gasteiger partial charge is 0.259 e. The molecule has 3 heterocycles. The molecule has 104 valence electrons. The first-order chi connectivity index (χ1) is 9.75. The molecule has 2 aromatic heterocycles. The highest BCUT2D eigenvalue weighted by atomic mass is 16.2. The first-order valence-electron chi connectivity index (χ1n) is 6.71. The first kappa shape index (κ1) is 12.7. The van der Waals surface area contributed by atoms with E-state index >= 15 is 0 Å². The number of carbonyl (C=O) groups is 1. The Balaban J connectivity index is 1.79. The van der Waals surface area contributed by atoms with E-state index in [0.717, 1.165) is 18.5 Å². The van der Waals surface area contributed by atoms with Crippen LogP contribution in [0.5, 0.6) is 0 Å². The number of aromatic nitrogens is 3. The van der Waals surface area contributed by atoms with Crippen molar-refractivity contribution in [3.8, 4) is 0 Å². The Morgan fingerprint density at radius 3 is 3.05 bits per heavy atom. The summed E-state index contributed by atoms with van der Waals surface area (Å²) in [5, 5.41) is 6.92. The summed E-state index contributed by atoms with van der Waals surface area (Å²) in [6, 6.07) is 3.32. The van der Waals surface area contributed by atoms with Crippen LogP contribution in [0.3, 0.4) is 0 Å². The van der Waals surface area contributed by atoms with Gasteiger partial charge in [0.2, 0.25) is 0 Å².